The van der Waals surface area contributed by atoms with Crippen LogP contribution in [-0.2, 0) is 0 Å². The largest absolute Gasteiger partial charge is 0.351 e. The number of rotatable bonds is 2. The van der Waals surface area contributed by atoms with Crippen molar-refractivity contribution in [2.24, 2.45) is 5.73 Å². The van der Waals surface area contributed by atoms with Gasteiger partial charge in [-0.3, -0.25) is 0 Å². The van der Waals surface area contributed by atoms with E-state index in [9.17, 15) is 5.26 Å². The Balaban J connectivity index is 2.11. The minimum atomic E-state index is 0.296. The zero-order valence-corrected chi connectivity index (χ0v) is 11.4. The summed E-state index contributed by atoms with van der Waals surface area (Å²) < 4.78 is 0. The maximum Gasteiger partial charge on any atom is 0.147 e. The first-order valence-electron chi connectivity index (χ1n) is 7.10. The summed E-state index contributed by atoms with van der Waals surface area (Å²) in [6, 6.07) is 12.4. The van der Waals surface area contributed by atoms with E-state index in [1.165, 1.54) is 6.42 Å². The minimum absolute atomic E-state index is 0.296. The summed E-state index contributed by atoms with van der Waals surface area (Å²) in [5, 5.41) is 10.4. The third-order valence-electron chi connectivity index (χ3n) is 4.00. The molecule has 1 aliphatic heterocycles. The zero-order valence-electron chi connectivity index (χ0n) is 11.4. The van der Waals surface area contributed by atoms with Crippen molar-refractivity contribution in [3.8, 4) is 6.07 Å². The molecule has 102 valence electrons. The lowest BCUT2D eigenvalue weighted by Gasteiger charge is -2.36. The number of aromatic nitrogens is 1. The van der Waals surface area contributed by atoms with Crippen LogP contribution in [0.2, 0.25) is 0 Å². The van der Waals surface area contributed by atoms with Gasteiger partial charge < -0.3 is 10.6 Å². The number of fused-ring (bicyclic) bond motifs is 1. The summed E-state index contributed by atoms with van der Waals surface area (Å²) >= 11 is 0. The number of piperidine rings is 1. The fourth-order valence-electron chi connectivity index (χ4n) is 2.93. The van der Waals surface area contributed by atoms with Crippen LogP contribution in [0.3, 0.4) is 0 Å². The monoisotopic (exact) mass is 266 g/mol. The molecular formula is C16H18N4. The topological polar surface area (TPSA) is 65.9 Å². The molecule has 0 bridgehead atoms. The standard InChI is InChI=1S/C16H18N4/c17-10-13-9-12-5-1-2-7-15(12)19-16(13)20-8-4-3-6-14(20)11-18/h1-2,5,7,9,14H,3-4,6,8,11,18H2. The molecule has 3 rings (SSSR count). The van der Waals surface area contributed by atoms with Gasteiger partial charge in [0, 0.05) is 24.5 Å². The van der Waals surface area contributed by atoms with E-state index in [2.05, 4.69) is 11.0 Å². The second kappa shape index (κ2) is 5.48. The van der Waals surface area contributed by atoms with Gasteiger partial charge in [-0.1, -0.05) is 18.2 Å². The smallest absolute Gasteiger partial charge is 0.147 e. The summed E-state index contributed by atoms with van der Waals surface area (Å²) in [4.78, 5) is 6.93. The fraction of sp³-hybridized carbons (Fsp3) is 0.375. The first-order chi connectivity index (χ1) is 9.83. The lowest BCUT2D eigenvalue weighted by molar-refractivity contribution is 0.462. The van der Waals surface area contributed by atoms with Crippen molar-refractivity contribution >= 4 is 16.7 Å². The molecule has 0 aliphatic carbocycles. The van der Waals surface area contributed by atoms with Crippen LogP contribution in [-0.4, -0.2) is 24.1 Å². The molecule has 0 radical (unpaired) electrons. The number of nitrogens with two attached hydrogens (primary N) is 1. The van der Waals surface area contributed by atoms with E-state index in [4.69, 9.17) is 10.7 Å². The summed E-state index contributed by atoms with van der Waals surface area (Å²) in [6.07, 6.45) is 3.42. The molecule has 2 aromatic rings. The van der Waals surface area contributed by atoms with Crippen molar-refractivity contribution in [1.29, 1.82) is 5.26 Å². The van der Waals surface area contributed by atoms with Crippen LogP contribution in [0.4, 0.5) is 5.82 Å². The van der Waals surface area contributed by atoms with Gasteiger partial charge in [-0.2, -0.15) is 5.26 Å². The number of hydrogen-bond acceptors (Lipinski definition) is 4. The van der Waals surface area contributed by atoms with Crippen LogP contribution in [0.25, 0.3) is 10.9 Å². The number of benzene rings is 1. The number of nitriles is 1. The minimum Gasteiger partial charge on any atom is -0.351 e. The molecule has 4 nitrogen and oxygen atoms in total. The van der Waals surface area contributed by atoms with Gasteiger partial charge in [-0.05, 0) is 31.4 Å². The quantitative estimate of drug-likeness (QED) is 0.906. The Morgan fingerprint density at radius 1 is 1.35 bits per heavy atom. The Bertz CT molecular complexity index is 659. The average molecular weight is 266 g/mol. The third-order valence-corrected chi connectivity index (χ3v) is 4.00. The van der Waals surface area contributed by atoms with Gasteiger partial charge in [-0.25, -0.2) is 4.98 Å². The number of para-hydroxylation sites is 1. The van der Waals surface area contributed by atoms with Gasteiger partial charge in [0.2, 0.25) is 0 Å². The molecular weight excluding hydrogens is 248 g/mol. The Labute approximate surface area is 118 Å². The van der Waals surface area contributed by atoms with E-state index in [-0.39, 0.29) is 0 Å². The predicted molar refractivity (Wildman–Crippen MR) is 80.5 cm³/mol. The first-order valence-corrected chi connectivity index (χ1v) is 7.10. The van der Waals surface area contributed by atoms with Crippen molar-refractivity contribution in [1.82, 2.24) is 4.98 Å². The molecule has 4 heteroatoms. The zero-order chi connectivity index (χ0) is 13.9. The second-order valence-electron chi connectivity index (χ2n) is 5.24. The van der Waals surface area contributed by atoms with E-state index >= 15 is 0 Å². The van der Waals surface area contributed by atoms with E-state index in [0.717, 1.165) is 36.1 Å². The molecule has 0 saturated carbocycles. The molecule has 0 spiro atoms. The molecule has 2 N–H and O–H groups in total. The molecule has 2 heterocycles. The highest BCUT2D eigenvalue weighted by atomic mass is 15.2. The van der Waals surface area contributed by atoms with E-state index in [0.29, 0.717) is 18.2 Å². The van der Waals surface area contributed by atoms with Gasteiger partial charge in [-0.15, -0.1) is 0 Å². The third kappa shape index (κ3) is 2.21. The van der Waals surface area contributed by atoms with Crippen molar-refractivity contribution < 1.29 is 0 Å². The van der Waals surface area contributed by atoms with Crippen LogP contribution in [0.15, 0.2) is 30.3 Å². The lowest BCUT2D eigenvalue weighted by Crippen LogP contribution is -2.45. The van der Waals surface area contributed by atoms with Crippen molar-refractivity contribution in [2.45, 2.75) is 25.3 Å². The second-order valence-corrected chi connectivity index (χ2v) is 5.24. The fourth-order valence-corrected chi connectivity index (χ4v) is 2.93. The molecule has 1 unspecified atom stereocenters. The van der Waals surface area contributed by atoms with Gasteiger partial charge in [0.1, 0.15) is 11.9 Å². The Morgan fingerprint density at radius 2 is 2.20 bits per heavy atom. The summed E-state index contributed by atoms with van der Waals surface area (Å²) in [7, 11) is 0. The van der Waals surface area contributed by atoms with Crippen LogP contribution < -0.4 is 10.6 Å². The molecule has 20 heavy (non-hydrogen) atoms. The van der Waals surface area contributed by atoms with Crippen LogP contribution >= 0.6 is 0 Å². The molecule has 1 aromatic heterocycles. The normalized spacial score (nSPS) is 19.0. The van der Waals surface area contributed by atoms with Crippen LogP contribution in [0.1, 0.15) is 24.8 Å². The molecule has 1 aliphatic rings. The van der Waals surface area contributed by atoms with Gasteiger partial charge in [0.15, 0.2) is 0 Å². The SMILES string of the molecule is N#Cc1cc2ccccc2nc1N1CCCCC1CN. The highest BCUT2D eigenvalue weighted by Gasteiger charge is 2.24. The Hall–Kier alpha value is -2.12. The maximum absolute atomic E-state index is 9.42. The number of anilines is 1. The van der Waals surface area contributed by atoms with Gasteiger partial charge in [0.25, 0.3) is 0 Å². The van der Waals surface area contributed by atoms with Crippen LogP contribution in [0, 0.1) is 11.3 Å². The van der Waals surface area contributed by atoms with E-state index in [1.807, 2.05) is 30.3 Å². The molecule has 1 saturated heterocycles. The van der Waals surface area contributed by atoms with E-state index < -0.39 is 0 Å². The van der Waals surface area contributed by atoms with Crippen LogP contribution in [0.5, 0.6) is 0 Å². The summed E-state index contributed by atoms with van der Waals surface area (Å²) in [5.41, 5.74) is 7.46. The van der Waals surface area contributed by atoms with Gasteiger partial charge >= 0.3 is 0 Å². The highest BCUT2D eigenvalue weighted by Crippen LogP contribution is 2.28. The summed E-state index contributed by atoms with van der Waals surface area (Å²) in [6.45, 7) is 1.54. The molecule has 1 atom stereocenters. The Morgan fingerprint density at radius 3 is 3.00 bits per heavy atom. The highest BCUT2D eigenvalue weighted by molar-refractivity contribution is 5.83. The van der Waals surface area contributed by atoms with Crippen molar-refractivity contribution in [3.63, 3.8) is 0 Å². The molecule has 1 fully saturated rings. The lowest BCUT2D eigenvalue weighted by atomic mass is 10.0. The number of pyridine rings is 1. The first kappa shape index (κ1) is 12.9. The van der Waals surface area contributed by atoms with Gasteiger partial charge in [0.05, 0.1) is 11.1 Å². The maximum atomic E-state index is 9.42. The van der Waals surface area contributed by atoms with Crippen molar-refractivity contribution in [3.05, 3.63) is 35.9 Å². The number of hydrogen-bond donors (Lipinski definition) is 1. The molecule has 1 aromatic carbocycles. The predicted octanol–water partition coefficient (Wildman–Crippen LogP) is 2.42. The van der Waals surface area contributed by atoms with Crippen molar-refractivity contribution in [2.75, 3.05) is 18.0 Å². The van der Waals surface area contributed by atoms with E-state index in [1.54, 1.807) is 0 Å². The Kier molecular flexibility index (Phi) is 3.53. The summed E-state index contributed by atoms with van der Waals surface area (Å²) in [5.74, 6) is 0.793. The average Bonchev–Trinajstić information content (AvgIpc) is 2.53. The number of nitrogens with zero attached hydrogens (tertiary/aromatic N) is 3. The molecule has 0 amide bonds.